The number of carboxylic acid groups (broad SMARTS) is 1. The second kappa shape index (κ2) is 4.20. The van der Waals surface area contributed by atoms with Gasteiger partial charge in [-0.3, -0.25) is 19.0 Å². The topological polar surface area (TPSA) is 171 Å². The van der Waals surface area contributed by atoms with Crippen molar-refractivity contribution < 1.29 is 14.7 Å². The van der Waals surface area contributed by atoms with Gasteiger partial charge in [0.25, 0.3) is 0 Å². The number of nitrogens with zero attached hydrogens (tertiary/aromatic N) is 1. The molecule has 2 atom stereocenters. The van der Waals surface area contributed by atoms with Crippen molar-refractivity contribution in [2.75, 3.05) is 13.1 Å². The highest BCUT2D eigenvalue weighted by molar-refractivity contribution is 6.09. The van der Waals surface area contributed by atoms with Crippen LogP contribution in [0.4, 0.5) is 0 Å². The molecule has 0 saturated carbocycles. The number of rotatable bonds is 6. The van der Waals surface area contributed by atoms with Gasteiger partial charge in [0.1, 0.15) is 6.04 Å². The van der Waals surface area contributed by atoms with Crippen molar-refractivity contribution in [3.05, 3.63) is 20.7 Å². The van der Waals surface area contributed by atoms with Gasteiger partial charge >= 0.3 is 17.1 Å². The first kappa shape index (κ1) is 13.2. The predicted octanol–water partition coefficient (Wildman–Crippen LogP) is -4.11. The summed E-state index contributed by atoms with van der Waals surface area (Å²) >= 11 is 0. The zero-order valence-corrected chi connectivity index (χ0v) is 8.75. The van der Waals surface area contributed by atoms with Gasteiger partial charge in [-0.15, -0.1) is 0 Å². The summed E-state index contributed by atoms with van der Waals surface area (Å²) in [5.74, 6) is -2.70. The van der Waals surface area contributed by atoms with Gasteiger partial charge in [-0.05, 0) is 0 Å². The van der Waals surface area contributed by atoms with Crippen LogP contribution in [0, 0.1) is 0 Å². The van der Waals surface area contributed by atoms with Gasteiger partial charge in [0.2, 0.25) is 0 Å². The van der Waals surface area contributed by atoms with Crippen LogP contribution in [-0.4, -0.2) is 40.1 Å². The minimum absolute atomic E-state index is 0.400. The molecule has 2 unspecified atom stereocenters. The van der Waals surface area contributed by atoms with Crippen LogP contribution in [-0.2, 0) is 9.59 Å². The van der Waals surface area contributed by atoms with Gasteiger partial charge in [0, 0.05) is 13.1 Å². The molecule has 17 heavy (non-hydrogen) atoms. The van der Waals surface area contributed by atoms with Crippen molar-refractivity contribution in [3.63, 3.8) is 0 Å². The lowest BCUT2D eigenvalue weighted by atomic mass is 9.90. The number of carbonyl (C=O) groups excluding carboxylic acids is 1. The molecule has 1 rings (SSSR count). The minimum atomic E-state index is -2.35. The fourth-order valence-electron chi connectivity index (χ4n) is 1.35. The summed E-state index contributed by atoms with van der Waals surface area (Å²) in [5.41, 5.74) is 11.6. The second-order valence-corrected chi connectivity index (χ2v) is 3.58. The van der Waals surface area contributed by atoms with E-state index in [0.29, 0.717) is 4.57 Å². The first-order valence-corrected chi connectivity index (χ1v) is 4.65. The summed E-state index contributed by atoms with van der Waals surface area (Å²) in [4.78, 5) is 44.4. The van der Waals surface area contributed by atoms with Crippen LogP contribution in [0.15, 0.2) is 9.59 Å². The third-order valence-electron chi connectivity index (χ3n) is 2.55. The van der Waals surface area contributed by atoms with Gasteiger partial charge in [-0.2, -0.15) is 0 Å². The molecule has 1 aromatic rings. The Labute approximate surface area is 94.5 Å². The summed E-state index contributed by atoms with van der Waals surface area (Å²) in [6.07, 6.45) is 0. The molecule has 1 aromatic heterocycles. The van der Waals surface area contributed by atoms with Crippen molar-refractivity contribution in [1.29, 1.82) is 0 Å². The molecule has 0 spiro atoms. The Balaban J connectivity index is 3.11. The molecule has 0 bridgehead atoms. The predicted molar refractivity (Wildman–Crippen MR) is 56.1 cm³/mol. The molecular weight excluding hydrogens is 232 g/mol. The van der Waals surface area contributed by atoms with E-state index in [-0.39, 0.29) is 0 Å². The lowest BCUT2D eigenvalue weighted by Crippen LogP contribution is -2.62. The monoisotopic (exact) mass is 244 g/mol. The molecular formula is C8H12N4O5. The number of carboxylic acids is 1. The van der Waals surface area contributed by atoms with Gasteiger partial charge in [-0.25, -0.2) is 4.79 Å². The summed E-state index contributed by atoms with van der Waals surface area (Å²) in [5, 5.41) is 8.83. The maximum Gasteiger partial charge on any atom is 0.332 e. The van der Waals surface area contributed by atoms with Crippen LogP contribution in [0.3, 0.4) is 0 Å². The van der Waals surface area contributed by atoms with E-state index in [1.807, 2.05) is 0 Å². The highest BCUT2D eigenvalue weighted by atomic mass is 16.4. The normalized spacial score (nSPS) is 16.6. The number of aromatic nitrogens is 1. The Bertz CT molecular complexity index is 503. The highest BCUT2D eigenvalue weighted by Gasteiger charge is 2.46. The number of hydrogen-bond acceptors (Lipinski definition) is 7. The fourth-order valence-corrected chi connectivity index (χ4v) is 1.35. The van der Waals surface area contributed by atoms with Gasteiger partial charge in [0.05, 0.1) is 0 Å². The van der Waals surface area contributed by atoms with E-state index in [9.17, 15) is 19.2 Å². The molecule has 0 fully saturated rings. The number of carbonyl (C=O) groups is 2. The number of ketones is 1. The van der Waals surface area contributed by atoms with Gasteiger partial charge < -0.3 is 22.3 Å². The lowest BCUT2D eigenvalue weighted by Gasteiger charge is -2.24. The molecule has 0 aliphatic heterocycles. The van der Waals surface area contributed by atoms with E-state index in [4.69, 9.17) is 22.3 Å². The molecule has 0 aromatic carbocycles. The first-order valence-electron chi connectivity index (χ1n) is 4.65. The average molecular weight is 244 g/mol. The third-order valence-corrected chi connectivity index (χ3v) is 2.55. The van der Waals surface area contributed by atoms with Crippen molar-refractivity contribution in [1.82, 2.24) is 4.57 Å². The summed E-state index contributed by atoms with van der Waals surface area (Å²) in [6.45, 7) is -1.06. The molecule has 94 valence electrons. The third kappa shape index (κ3) is 1.90. The van der Waals surface area contributed by atoms with Crippen LogP contribution in [0.25, 0.3) is 0 Å². The van der Waals surface area contributed by atoms with E-state index < -0.39 is 47.5 Å². The molecule has 0 amide bonds. The molecule has 0 aliphatic rings. The molecule has 0 saturated heterocycles. The summed E-state index contributed by atoms with van der Waals surface area (Å²) < 4.78 is 0.572. The van der Waals surface area contributed by atoms with Crippen LogP contribution in [0.2, 0.25) is 0 Å². The molecule has 7 N–H and O–H groups in total. The summed E-state index contributed by atoms with van der Waals surface area (Å²) in [6, 6.07) is -1.38. The fraction of sp³-hybridized carbons (Fsp3) is 0.500. The second-order valence-electron chi connectivity index (χ2n) is 3.58. The first-order chi connectivity index (χ1) is 7.81. The number of hydrogen-bond donors (Lipinski definition) is 4. The quantitative estimate of drug-likeness (QED) is 0.288. The molecule has 0 aliphatic carbocycles. The van der Waals surface area contributed by atoms with Crippen molar-refractivity contribution in [2.24, 2.45) is 17.2 Å². The van der Waals surface area contributed by atoms with Gasteiger partial charge in [-0.1, -0.05) is 0 Å². The Kier molecular flexibility index (Phi) is 3.27. The number of Topliss-reactive ketones (excluding diaryl/α,β-unsaturated/α-hetero) is 1. The SMILES string of the molecule is NCC(C(=O)C(N)(CN)C(=O)O)n1c(=O)c1=O. The zero-order valence-electron chi connectivity index (χ0n) is 8.75. The largest absolute Gasteiger partial charge is 0.479 e. The van der Waals surface area contributed by atoms with Crippen molar-refractivity contribution in [3.8, 4) is 0 Å². The maximum atomic E-state index is 11.8. The zero-order chi connectivity index (χ0) is 13.4. The van der Waals surface area contributed by atoms with Crippen molar-refractivity contribution in [2.45, 2.75) is 11.6 Å². The molecule has 9 nitrogen and oxygen atoms in total. The Hall–Kier alpha value is -1.84. The molecule has 0 radical (unpaired) electrons. The van der Waals surface area contributed by atoms with Gasteiger partial charge in [0.15, 0.2) is 11.3 Å². The lowest BCUT2D eigenvalue weighted by molar-refractivity contribution is -0.148. The summed E-state index contributed by atoms with van der Waals surface area (Å²) in [7, 11) is 0. The van der Waals surface area contributed by atoms with Crippen LogP contribution in [0.5, 0.6) is 0 Å². The smallest absolute Gasteiger partial charge is 0.332 e. The standard InChI is InChI=1S/C8H12N4O5/c9-1-3(12-5(14)6(12)15)4(13)8(11,2-10)7(16)17/h3H,1-2,9-11H2,(H,16,17). The minimum Gasteiger partial charge on any atom is -0.479 e. The van der Waals surface area contributed by atoms with Crippen LogP contribution in [0.1, 0.15) is 6.04 Å². The number of nitrogens with two attached hydrogens (primary N) is 3. The Morgan fingerprint density at radius 1 is 1.29 bits per heavy atom. The number of aliphatic carboxylic acids is 1. The van der Waals surface area contributed by atoms with E-state index in [0.717, 1.165) is 0 Å². The van der Waals surface area contributed by atoms with E-state index in [1.165, 1.54) is 0 Å². The van der Waals surface area contributed by atoms with Crippen molar-refractivity contribution >= 4 is 11.8 Å². The van der Waals surface area contributed by atoms with Crippen LogP contribution >= 0.6 is 0 Å². The highest BCUT2D eigenvalue weighted by Crippen LogP contribution is 2.12. The Morgan fingerprint density at radius 3 is 2.00 bits per heavy atom. The van der Waals surface area contributed by atoms with E-state index in [1.54, 1.807) is 0 Å². The Morgan fingerprint density at radius 2 is 1.76 bits per heavy atom. The molecule has 1 heterocycles. The molecule has 9 heteroatoms. The maximum absolute atomic E-state index is 11.8. The van der Waals surface area contributed by atoms with E-state index in [2.05, 4.69) is 0 Å². The van der Waals surface area contributed by atoms with Crippen LogP contribution < -0.4 is 28.3 Å². The average Bonchev–Trinajstić information content (AvgIpc) is 2.87. The van der Waals surface area contributed by atoms with E-state index >= 15 is 0 Å².